The highest BCUT2D eigenvalue weighted by atomic mass is 16.2. The Hall–Kier alpha value is -1.39. The summed E-state index contributed by atoms with van der Waals surface area (Å²) in [6.45, 7) is 9.35. The molecule has 1 aromatic rings. The van der Waals surface area contributed by atoms with E-state index in [0.29, 0.717) is 0 Å². The summed E-state index contributed by atoms with van der Waals surface area (Å²) in [6.07, 6.45) is 2.78. The van der Waals surface area contributed by atoms with Gasteiger partial charge in [0.2, 0.25) is 5.91 Å². The van der Waals surface area contributed by atoms with Crippen molar-refractivity contribution in [1.82, 2.24) is 4.90 Å². The number of carbonyl (C=O) groups is 1. The van der Waals surface area contributed by atoms with Crippen LogP contribution in [0.1, 0.15) is 45.6 Å². The molecule has 0 saturated carbocycles. The summed E-state index contributed by atoms with van der Waals surface area (Å²) in [5, 5.41) is 2.92. The molecule has 0 saturated heterocycles. The molecule has 0 aromatic heterocycles. The average molecular weight is 291 g/mol. The number of amides is 1. The average Bonchev–Trinajstić information content (AvgIpc) is 2.50. The molecule has 0 aliphatic heterocycles. The van der Waals surface area contributed by atoms with Gasteiger partial charge in [0.25, 0.3) is 0 Å². The highest BCUT2D eigenvalue weighted by molar-refractivity contribution is 5.94. The maximum absolute atomic E-state index is 12.0. The van der Waals surface area contributed by atoms with Gasteiger partial charge in [-0.25, -0.2) is 0 Å². The lowest BCUT2D eigenvalue weighted by Gasteiger charge is -2.18. The number of benzene rings is 1. The first-order chi connectivity index (χ1) is 10.1. The highest BCUT2D eigenvalue weighted by Crippen LogP contribution is 2.13. The second-order valence-corrected chi connectivity index (χ2v) is 5.40. The lowest BCUT2D eigenvalue weighted by Crippen LogP contribution is -2.35. The van der Waals surface area contributed by atoms with Crippen molar-refractivity contribution >= 4 is 11.6 Å². The van der Waals surface area contributed by atoms with E-state index < -0.39 is 6.04 Å². The van der Waals surface area contributed by atoms with E-state index >= 15 is 0 Å². The van der Waals surface area contributed by atoms with Gasteiger partial charge < -0.3 is 11.1 Å². The molecule has 0 bridgehead atoms. The molecule has 1 aromatic carbocycles. The number of rotatable bonds is 9. The first-order valence-corrected chi connectivity index (χ1v) is 7.98. The molecule has 1 atom stereocenters. The summed E-state index contributed by atoms with van der Waals surface area (Å²) in [4.78, 5) is 14.4. The lowest BCUT2D eigenvalue weighted by molar-refractivity contribution is -0.117. The van der Waals surface area contributed by atoms with Crippen molar-refractivity contribution in [3.63, 3.8) is 0 Å². The Bertz CT molecular complexity index is 430. The third-order valence-corrected chi connectivity index (χ3v) is 3.70. The highest BCUT2D eigenvalue weighted by Gasteiger charge is 2.13. The number of carbonyl (C=O) groups excluding carboxylic acids is 1. The van der Waals surface area contributed by atoms with Crippen molar-refractivity contribution in [1.29, 1.82) is 0 Å². The fourth-order valence-corrected chi connectivity index (χ4v) is 2.24. The third-order valence-electron chi connectivity index (χ3n) is 3.70. The molecule has 118 valence electrons. The van der Waals surface area contributed by atoms with Gasteiger partial charge in [-0.3, -0.25) is 9.69 Å². The van der Waals surface area contributed by atoms with Gasteiger partial charge in [0, 0.05) is 12.2 Å². The van der Waals surface area contributed by atoms with Gasteiger partial charge in [-0.2, -0.15) is 0 Å². The first kappa shape index (κ1) is 17.7. The Morgan fingerprint density at radius 3 is 2.62 bits per heavy atom. The zero-order valence-corrected chi connectivity index (χ0v) is 13.6. The van der Waals surface area contributed by atoms with Crippen LogP contribution >= 0.6 is 0 Å². The summed E-state index contributed by atoms with van der Waals surface area (Å²) in [5.41, 5.74) is 7.93. The van der Waals surface area contributed by atoms with Crippen LogP contribution in [0, 0.1) is 0 Å². The Balaban J connectivity index is 2.61. The van der Waals surface area contributed by atoms with Gasteiger partial charge in [0.1, 0.15) is 0 Å². The van der Waals surface area contributed by atoms with Crippen molar-refractivity contribution < 1.29 is 4.79 Å². The fourth-order valence-electron chi connectivity index (χ4n) is 2.24. The van der Waals surface area contributed by atoms with Crippen molar-refractivity contribution in [3.05, 3.63) is 29.8 Å². The van der Waals surface area contributed by atoms with Crippen molar-refractivity contribution in [2.45, 2.75) is 52.6 Å². The number of hydrogen-bond acceptors (Lipinski definition) is 3. The van der Waals surface area contributed by atoms with Gasteiger partial charge in [-0.1, -0.05) is 45.7 Å². The molecule has 1 rings (SSSR count). The predicted octanol–water partition coefficient (Wildman–Crippen LogP) is 2.98. The van der Waals surface area contributed by atoms with Crippen LogP contribution in [-0.2, 0) is 11.3 Å². The summed E-state index contributed by atoms with van der Waals surface area (Å²) in [5.74, 6) is -0.0940. The molecule has 0 aliphatic carbocycles. The molecule has 0 heterocycles. The minimum absolute atomic E-state index is 0.0940. The first-order valence-electron chi connectivity index (χ1n) is 7.98. The second kappa shape index (κ2) is 9.53. The van der Waals surface area contributed by atoms with Crippen LogP contribution in [0.5, 0.6) is 0 Å². The van der Waals surface area contributed by atoms with E-state index in [4.69, 9.17) is 5.73 Å². The minimum atomic E-state index is -0.420. The monoisotopic (exact) mass is 291 g/mol. The molecular weight excluding hydrogens is 262 g/mol. The quantitative estimate of drug-likeness (QED) is 0.735. The number of anilines is 1. The maximum Gasteiger partial charge on any atom is 0.241 e. The van der Waals surface area contributed by atoms with Crippen molar-refractivity contribution in [2.75, 3.05) is 18.4 Å². The van der Waals surface area contributed by atoms with Crippen molar-refractivity contribution in [2.24, 2.45) is 5.73 Å². The van der Waals surface area contributed by atoms with Crippen LogP contribution in [0.3, 0.4) is 0 Å². The number of hydrogen-bond donors (Lipinski definition) is 2. The molecule has 3 N–H and O–H groups in total. The van der Waals surface area contributed by atoms with Gasteiger partial charge >= 0.3 is 0 Å². The predicted molar refractivity (Wildman–Crippen MR) is 89.2 cm³/mol. The second-order valence-electron chi connectivity index (χ2n) is 5.40. The molecule has 1 amide bonds. The smallest absolute Gasteiger partial charge is 0.241 e. The Morgan fingerprint density at radius 2 is 2.00 bits per heavy atom. The van der Waals surface area contributed by atoms with Crippen LogP contribution < -0.4 is 11.1 Å². The molecule has 4 nitrogen and oxygen atoms in total. The van der Waals surface area contributed by atoms with Gasteiger partial charge in [0.05, 0.1) is 6.04 Å². The summed E-state index contributed by atoms with van der Waals surface area (Å²) in [7, 11) is 0. The van der Waals surface area contributed by atoms with E-state index in [1.807, 2.05) is 18.2 Å². The summed E-state index contributed by atoms with van der Waals surface area (Å²) < 4.78 is 0. The van der Waals surface area contributed by atoms with Gasteiger partial charge in [-0.05, 0) is 37.2 Å². The van der Waals surface area contributed by atoms with E-state index in [1.165, 1.54) is 5.56 Å². The van der Waals surface area contributed by atoms with E-state index in [0.717, 1.165) is 44.6 Å². The summed E-state index contributed by atoms with van der Waals surface area (Å²) in [6, 6.07) is 7.59. The van der Waals surface area contributed by atoms with E-state index in [-0.39, 0.29) is 5.91 Å². The Labute approximate surface area is 128 Å². The lowest BCUT2D eigenvalue weighted by atomic mass is 10.1. The van der Waals surface area contributed by atoms with Gasteiger partial charge in [-0.15, -0.1) is 0 Å². The van der Waals surface area contributed by atoms with E-state index in [1.54, 1.807) is 0 Å². The van der Waals surface area contributed by atoms with Crippen LogP contribution in [0.2, 0.25) is 0 Å². The zero-order chi connectivity index (χ0) is 15.7. The van der Waals surface area contributed by atoms with Crippen LogP contribution in [0.25, 0.3) is 0 Å². The molecule has 0 fully saturated rings. The van der Waals surface area contributed by atoms with Crippen molar-refractivity contribution in [3.8, 4) is 0 Å². The van der Waals surface area contributed by atoms with E-state index in [9.17, 15) is 4.79 Å². The molecule has 0 spiro atoms. The Kier molecular flexibility index (Phi) is 8.01. The normalized spacial score (nSPS) is 12.4. The molecule has 0 radical (unpaired) electrons. The number of nitrogens with one attached hydrogen (secondary N) is 1. The zero-order valence-electron chi connectivity index (χ0n) is 13.6. The molecule has 0 aliphatic rings. The molecule has 1 unspecified atom stereocenters. The maximum atomic E-state index is 12.0. The third kappa shape index (κ3) is 6.27. The fraction of sp³-hybridized carbons (Fsp3) is 0.588. The summed E-state index contributed by atoms with van der Waals surface area (Å²) >= 11 is 0. The van der Waals surface area contributed by atoms with Gasteiger partial charge in [0.15, 0.2) is 0 Å². The van der Waals surface area contributed by atoms with Crippen LogP contribution in [-0.4, -0.2) is 29.9 Å². The number of nitrogens with zero attached hydrogens (tertiary/aromatic N) is 1. The SMILES string of the molecule is CCCCC(N)C(=O)Nc1cccc(CN(CC)CC)c1. The minimum Gasteiger partial charge on any atom is -0.325 e. The largest absolute Gasteiger partial charge is 0.325 e. The molecular formula is C17H29N3O. The Morgan fingerprint density at radius 1 is 1.29 bits per heavy atom. The van der Waals surface area contributed by atoms with E-state index in [2.05, 4.69) is 37.1 Å². The number of nitrogens with two attached hydrogens (primary N) is 1. The molecule has 21 heavy (non-hydrogen) atoms. The number of unbranched alkanes of at least 4 members (excludes halogenated alkanes) is 1. The standard InChI is InChI=1S/C17H29N3O/c1-4-7-11-16(18)17(21)19-15-10-8-9-14(12-15)13-20(5-2)6-3/h8-10,12,16H,4-7,11,13,18H2,1-3H3,(H,19,21). The van der Waals surface area contributed by atoms with Crippen LogP contribution in [0.4, 0.5) is 5.69 Å². The van der Waals surface area contributed by atoms with Crippen LogP contribution in [0.15, 0.2) is 24.3 Å². The molecule has 4 heteroatoms. The topological polar surface area (TPSA) is 58.4 Å².